The fraction of sp³-hybridized carbons (Fsp3) is 0.435. The minimum absolute atomic E-state index is 0.0284. The van der Waals surface area contributed by atoms with Gasteiger partial charge < -0.3 is 15.2 Å². The number of benzene rings is 2. The minimum Gasteiger partial charge on any atom is -0.504 e. The molecule has 1 unspecified atom stereocenters. The van der Waals surface area contributed by atoms with Crippen LogP contribution in [-0.4, -0.2) is 35.6 Å². The second-order valence-electron chi connectivity index (χ2n) is 7.43. The van der Waals surface area contributed by atoms with Crippen molar-refractivity contribution in [2.45, 2.75) is 39.3 Å². The van der Waals surface area contributed by atoms with Gasteiger partial charge in [0, 0.05) is 12.5 Å². The van der Waals surface area contributed by atoms with Crippen molar-refractivity contribution in [3.05, 3.63) is 59.7 Å². The van der Waals surface area contributed by atoms with Crippen molar-refractivity contribution >= 4 is 5.91 Å². The van der Waals surface area contributed by atoms with Gasteiger partial charge in [0.15, 0.2) is 11.5 Å². The van der Waals surface area contributed by atoms with Crippen molar-refractivity contribution < 1.29 is 14.6 Å². The molecule has 0 spiro atoms. The highest BCUT2D eigenvalue weighted by Crippen LogP contribution is 2.28. The second-order valence-corrected chi connectivity index (χ2v) is 7.43. The zero-order valence-corrected chi connectivity index (χ0v) is 16.7. The molecule has 0 aromatic heterocycles. The summed E-state index contributed by atoms with van der Waals surface area (Å²) in [5.41, 5.74) is 2.24. The van der Waals surface area contributed by atoms with Gasteiger partial charge >= 0.3 is 0 Å². The number of rotatable bonds is 7. The fourth-order valence-electron chi connectivity index (χ4n) is 3.70. The van der Waals surface area contributed by atoms with Crippen molar-refractivity contribution in [3.63, 3.8) is 0 Å². The molecular weight excluding hydrogens is 352 g/mol. The quantitative estimate of drug-likeness (QED) is 0.763. The lowest BCUT2D eigenvalue weighted by Gasteiger charge is -2.32. The summed E-state index contributed by atoms with van der Waals surface area (Å²) in [5.74, 6) is 0.929. The van der Waals surface area contributed by atoms with Crippen LogP contribution in [0.25, 0.3) is 0 Å². The zero-order valence-electron chi connectivity index (χ0n) is 16.7. The van der Waals surface area contributed by atoms with Crippen molar-refractivity contribution in [2.75, 3.05) is 19.7 Å². The number of hydrogen-bond donors (Lipinski definition) is 2. The lowest BCUT2D eigenvalue weighted by Crippen LogP contribution is -2.40. The first kappa shape index (κ1) is 20.2. The molecule has 2 aromatic rings. The minimum atomic E-state index is 0.0284. The summed E-state index contributed by atoms with van der Waals surface area (Å²) < 4.78 is 5.47. The van der Waals surface area contributed by atoms with E-state index in [0.717, 1.165) is 43.6 Å². The van der Waals surface area contributed by atoms with E-state index in [4.69, 9.17) is 4.74 Å². The Balaban J connectivity index is 1.49. The highest BCUT2D eigenvalue weighted by molar-refractivity contribution is 5.79. The van der Waals surface area contributed by atoms with E-state index in [1.165, 1.54) is 0 Å². The molecule has 1 aliphatic heterocycles. The molecule has 1 heterocycles. The molecule has 1 amide bonds. The van der Waals surface area contributed by atoms with E-state index in [-0.39, 0.29) is 23.6 Å². The molecule has 28 heavy (non-hydrogen) atoms. The van der Waals surface area contributed by atoms with Gasteiger partial charge in [0.1, 0.15) is 0 Å². The first-order chi connectivity index (χ1) is 13.6. The number of aromatic hydroxyl groups is 1. The largest absolute Gasteiger partial charge is 0.504 e. The molecular formula is C23H30N2O3. The van der Waals surface area contributed by atoms with E-state index in [9.17, 15) is 9.90 Å². The number of carbonyl (C=O) groups excluding carboxylic acids is 1. The Kier molecular flexibility index (Phi) is 6.93. The van der Waals surface area contributed by atoms with Crippen LogP contribution in [0.3, 0.4) is 0 Å². The number of likely N-dealkylation sites (tertiary alicyclic amines) is 1. The summed E-state index contributed by atoms with van der Waals surface area (Å²) >= 11 is 0. The van der Waals surface area contributed by atoms with E-state index in [1.54, 1.807) is 6.07 Å². The average Bonchev–Trinajstić information content (AvgIpc) is 2.72. The van der Waals surface area contributed by atoms with Crippen LogP contribution >= 0.6 is 0 Å². The molecule has 1 aliphatic rings. The molecule has 5 nitrogen and oxygen atoms in total. The summed E-state index contributed by atoms with van der Waals surface area (Å²) in [6.07, 6.45) is 1.73. The fourth-order valence-corrected chi connectivity index (χ4v) is 3.70. The average molecular weight is 383 g/mol. The zero-order chi connectivity index (χ0) is 19.9. The van der Waals surface area contributed by atoms with E-state index < -0.39 is 0 Å². The molecule has 1 atom stereocenters. The summed E-state index contributed by atoms with van der Waals surface area (Å²) in [6.45, 7) is 7.04. The summed E-state index contributed by atoms with van der Waals surface area (Å²) in [4.78, 5) is 15.0. The van der Waals surface area contributed by atoms with Crippen molar-refractivity contribution in [3.8, 4) is 11.5 Å². The molecule has 1 fully saturated rings. The molecule has 0 radical (unpaired) electrons. The van der Waals surface area contributed by atoms with Gasteiger partial charge in [-0.25, -0.2) is 0 Å². The van der Waals surface area contributed by atoms with Crippen LogP contribution in [0.1, 0.15) is 43.9 Å². The topological polar surface area (TPSA) is 61.8 Å². The first-order valence-electron chi connectivity index (χ1n) is 10.1. The molecule has 150 valence electrons. The van der Waals surface area contributed by atoms with Crippen LogP contribution in [0.15, 0.2) is 48.5 Å². The van der Waals surface area contributed by atoms with Gasteiger partial charge in [0.2, 0.25) is 5.91 Å². The number of nitrogens with one attached hydrogen (secondary N) is 1. The number of piperidine rings is 1. The van der Waals surface area contributed by atoms with Crippen LogP contribution in [0.4, 0.5) is 0 Å². The van der Waals surface area contributed by atoms with Crippen molar-refractivity contribution in [2.24, 2.45) is 5.92 Å². The normalized spacial score (nSPS) is 16.5. The van der Waals surface area contributed by atoms with Crippen LogP contribution < -0.4 is 10.1 Å². The number of nitrogens with zero attached hydrogens (tertiary/aromatic N) is 1. The highest BCUT2D eigenvalue weighted by atomic mass is 16.5. The van der Waals surface area contributed by atoms with Gasteiger partial charge in [0.25, 0.3) is 0 Å². The molecule has 2 N–H and O–H groups in total. The molecule has 1 saturated heterocycles. The lowest BCUT2D eigenvalue weighted by molar-refractivity contribution is -0.127. The number of ether oxygens (including phenoxy) is 1. The SMILES string of the molecule is CCOc1cc(CN2CCC(C(=O)NC(C)c3ccccc3)CC2)ccc1O. The molecule has 0 aliphatic carbocycles. The van der Waals surface area contributed by atoms with Gasteiger partial charge in [-0.1, -0.05) is 36.4 Å². The molecule has 5 heteroatoms. The summed E-state index contributed by atoms with van der Waals surface area (Å²) in [5, 5.41) is 13.0. The smallest absolute Gasteiger partial charge is 0.223 e. The van der Waals surface area contributed by atoms with Gasteiger partial charge in [0.05, 0.1) is 12.6 Å². The Morgan fingerprint density at radius 1 is 1.21 bits per heavy atom. The Bertz CT molecular complexity index is 771. The lowest BCUT2D eigenvalue weighted by atomic mass is 9.95. The third-order valence-electron chi connectivity index (χ3n) is 5.35. The Morgan fingerprint density at radius 2 is 1.93 bits per heavy atom. The van der Waals surface area contributed by atoms with Gasteiger partial charge in [-0.2, -0.15) is 0 Å². The van der Waals surface area contributed by atoms with Crippen LogP contribution in [0, 0.1) is 5.92 Å². The maximum Gasteiger partial charge on any atom is 0.223 e. The van der Waals surface area contributed by atoms with E-state index >= 15 is 0 Å². The van der Waals surface area contributed by atoms with Crippen molar-refractivity contribution in [1.82, 2.24) is 10.2 Å². The Morgan fingerprint density at radius 3 is 2.61 bits per heavy atom. The van der Waals surface area contributed by atoms with Gasteiger partial charge in [-0.15, -0.1) is 0 Å². The number of phenolic OH excluding ortho intramolecular Hbond substituents is 1. The maximum atomic E-state index is 12.6. The Hall–Kier alpha value is -2.53. The number of hydrogen-bond acceptors (Lipinski definition) is 4. The molecule has 0 saturated carbocycles. The van der Waals surface area contributed by atoms with E-state index in [1.807, 2.05) is 56.3 Å². The van der Waals surface area contributed by atoms with Crippen LogP contribution in [0.2, 0.25) is 0 Å². The van der Waals surface area contributed by atoms with Gasteiger partial charge in [-0.05, 0) is 63.0 Å². The summed E-state index contributed by atoms with van der Waals surface area (Å²) in [7, 11) is 0. The predicted molar refractivity (Wildman–Crippen MR) is 110 cm³/mol. The maximum absolute atomic E-state index is 12.6. The molecule has 0 bridgehead atoms. The summed E-state index contributed by atoms with van der Waals surface area (Å²) in [6, 6.07) is 15.6. The highest BCUT2D eigenvalue weighted by Gasteiger charge is 2.26. The standard InChI is InChI=1S/C23H30N2O3/c1-3-28-22-15-18(9-10-21(22)26)16-25-13-11-20(12-14-25)23(27)24-17(2)19-7-5-4-6-8-19/h4-10,15,17,20,26H,3,11-14,16H2,1-2H3,(H,24,27). The second kappa shape index (κ2) is 9.60. The first-order valence-corrected chi connectivity index (χ1v) is 10.1. The third-order valence-corrected chi connectivity index (χ3v) is 5.35. The third kappa shape index (κ3) is 5.26. The number of amides is 1. The molecule has 2 aromatic carbocycles. The monoisotopic (exact) mass is 382 g/mol. The van der Waals surface area contributed by atoms with Crippen molar-refractivity contribution in [1.29, 1.82) is 0 Å². The molecule has 3 rings (SSSR count). The van der Waals surface area contributed by atoms with E-state index in [2.05, 4.69) is 10.2 Å². The number of phenols is 1. The Labute approximate surface area is 167 Å². The number of carbonyl (C=O) groups is 1. The van der Waals surface area contributed by atoms with Gasteiger partial charge in [-0.3, -0.25) is 9.69 Å². The van der Waals surface area contributed by atoms with Crippen LogP contribution in [-0.2, 0) is 11.3 Å². The predicted octanol–water partition coefficient (Wildman–Crippen LogP) is 3.88. The van der Waals surface area contributed by atoms with E-state index in [0.29, 0.717) is 12.4 Å². The van der Waals surface area contributed by atoms with Crippen LogP contribution in [0.5, 0.6) is 11.5 Å².